The molecular formula is C41H67NO13. The van der Waals surface area contributed by atoms with Crippen molar-refractivity contribution in [1.82, 2.24) is 0 Å². The Hall–Kier alpha value is -3.12. The second-order valence-corrected chi connectivity index (χ2v) is 13.9. The fourth-order valence-corrected chi connectivity index (χ4v) is 5.36. The van der Waals surface area contributed by atoms with Crippen molar-refractivity contribution in [1.29, 1.82) is 0 Å². The molecule has 0 amide bonds. The Morgan fingerprint density at radius 2 is 1.00 bits per heavy atom. The van der Waals surface area contributed by atoms with Crippen LogP contribution in [-0.4, -0.2) is 136 Å². The highest BCUT2D eigenvalue weighted by Crippen LogP contribution is 2.17. The first-order valence-corrected chi connectivity index (χ1v) is 19.0. The third-order valence-electron chi connectivity index (χ3n) is 8.50. The lowest BCUT2D eigenvalue weighted by Gasteiger charge is -2.20. The summed E-state index contributed by atoms with van der Waals surface area (Å²) in [5, 5.41) is 110. The summed E-state index contributed by atoms with van der Waals surface area (Å²) in [6, 6.07) is 0. The number of carboxylic acid groups (broad SMARTS) is 1. The van der Waals surface area contributed by atoms with Gasteiger partial charge in [-0.3, -0.25) is 4.79 Å². The van der Waals surface area contributed by atoms with Crippen LogP contribution < -0.4 is 5.73 Å². The molecule has 11 atom stereocenters. The number of allylic oxidation sites excluding steroid dienone is 6. The van der Waals surface area contributed by atoms with Crippen LogP contribution in [0.5, 0.6) is 0 Å². The Kier molecular flexibility index (Phi) is 30.2. The number of carbonyl (C=O) groups is 2. The Bertz CT molecular complexity index is 1230. The van der Waals surface area contributed by atoms with Gasteiger partial charge in [-0.25, -0.2) is 4.79 Å². The van der Waals surface area contributed by atoms with Gasteiger partial charge in [-0.1, -0.05) is 85.9 Å². The summed E-state index contributed by atoms with van der Waals surface area (Å²) in [7, 11) is 0. The quantitative estimate of drug-likeness (QED) is 0.0261. The number of nitrogens with two attached hydrogens (primary N) is 1. The van der Waals surface area contributed by atoms with E-state index in [1.807, 2.05) is 0 Å². The second-order valence-electron chi connectivity index (χ2n) is 13.9. The summed E-state index contributed by atoms with van der Waals surface area (Å²) in [5.74, 6) is -2.20. The molecular weight excluding hydrogens is 714 g/mol. The molecule has 14 nitrogen and oxygen atoms in total. The zero-order valence-corrected chi connectivity index (χ0v) is 31.9. The number of hydrogen-bond acceptors (Lipinski definition) is 13. The maximum atomic E-state index is 12.5. The van der Waals surface area contributed by atoms with E-state index in [2.05, 4.69) is 0 Å². The minimum atomic E-state index is -1.19. The molecule has 0 aromatic heterocycles. The number of carboxylic acids is 1. The summed E-state index contributed by atoms with van der Waals surface area (Å²) < 4.78 is 0. The number of aliphatic hydroxyl groups is 10. The van der Waals surface area contributed by atoms with Crippen molar-refractivity contribution in [2.75, 3.05) is 6.54 Å². The molecule has 0 spiro atoms. The molecule has 0 rings (SSSR count). The van der Waals surface area contributed by atoms with Crippen LogP contribution in [0, 0.1) is 5.92 Å². The fourth-order valence-electron chi connectivity index (χ4n) is 5.36. The molecule has 55 heavy (non-hydrogen) atoms. The van der Waals surface area contributed by atoms with Gasteiger partial charge in [0.25, 0.3) is 0 Å². The predicted molar refractivity (Wildman–Crippen MR) is 210 cm³/mol. The first kappa shape index (κ1) is 51.9. The molecule has 0 aliphatic rings. The zero-order chi connectivity index (χ0) is 41.6. The molecule has 0 bridgehead atoms. The van der Waals surface area contributed by atoms with Crippen LogP contribution in [0.1, 0.15) is 84.0 Å². The van der Waals surface area contributed by atoms with Crippen molar-refractivity contribution < 1.29 is 65.8 Å². The van der Waals surface area contributed by atoms with Crippen LogP contribution in [-0.2, 0) is 9.59 Å². The standard InChI is InChI=1S/C41H67NO13/c1-29(39(52)20-7-5-3-2-4-6-8-21-41(54)55)40(53)28-38(51)27-37(50)25-34(47)18-11-17-33(46)24-36(49)26-35(48)23-32(45)16-10-15-30(43)13-9-14-31(44)19-12-22-42/h2-11,13,16,18,21,29-39,43-52H,12,14-15,17,19-20,22-28,42H2,1H3,(H,54,55)/b3-2+,6-4+,7-5+,13-9+,16-10+,18-11+,21-8+/t29-,30-,31+,32-,33-,34-,35+,36+,37-,38-,39+/m1/s1. The van der Waals surface area contributed by atoms with Gasteiger partial charge < -0.3 is 61.9 Å². The van der Waals surface area contributed by atoms with Crippen LogP contribution >= 0.6 is 0 Å². The van der Waals surface area contributed by atoms with Crippen molar-refractivity contribution in [3.05, 3.63) is 85.1 Å². The van der Waals surface area contributed by atoms with E-state index in [4.69, 9.17) is 10.8 Å². The van der Waals surface area contributed by atoms with Crippen molar-refractivity contribution in [3.8, 4) is 0 Å². The van der Waals surface area contributed by atoms with Crippen molar-refractivity contribution >= 4 is 11.8 Å². The number of hydrogen-bond donors (Lipinski definition) is 12. The van der Waals surface area contributed by atoms with E-state index in [1.54, 1.807) is 61.6 Å². The Morgan fingerprint density at radius 3 is 1.58 bits per heavy atom. The highest BCUT2D eigenvalue weighted by molar-refractivity contribution is 5.81. The van der Waals surface area contributed by atoms with Gasteiger partial charge in [0.1, 0.15) is 5.78 Å². The van der Waals surface area contributed by atoms with Gasteiger partial charge in [0.15, 0.2) is 0 Å². The number of ketones is 1. The highest BCUT2D eigenvalue weighted by atomic mass is 16.4. The number of Topliss-reactive ketones (excluding diaryl/α,β-unsaturated/α-hetero) is 1. The summed E-state index contributed by atoms with van der Waals surface area (Å²) in [5.41, 5.74) is 5.41. The molecule has 0 aromatic carbocycles. The molecule has 0 saturated carbocycles. The third kappa shape index (κ3) is 30.7. The number of aliphatic carboxylic acids is 1. The minimum Gasteiger partial charge on any atom is -0.478 e. The lowest BCUT2D eigenvalue weighted by Crippen LogP contribution is -2.30. The summed E-state index contributed by atoms with van der Waals surface area (Å²) in [6.45, 7) is 2.05. The second kappa shape index (κ2) is 32.0. The van der Waals surface area contributed by atoms with Crippen LogP contribution in [0.4, 0.5) is 0 Å². The van der Waals surface area contributed by atoms with Gasteiger partial charge in [-0.2, -0.15) is 0 Å². The van der Waals surface area contributed by atoms with E-state index in [1.165, 1.54) is 24.3 Å². The predicted octanol–water partition coefficient (Wildman–Crippen LogP) is 1.42. The lowest BCUT2D eigenvalue weighted by atomic mass is 9.92. The molecule has 0 aliphatic carbocycles. The SMILES string of the molecule is C[C@@H](C(=O)C[C@H](O)C[C@H](O)C[C@H](O)/C=C/C[C@@H](O)C[C@H](O)C[C@@H](O)C[C@H](O)/C=C/C[C@H](O)/C=C/C[C@H](O)CCCN)[C@@H](O)C/C=C/C=C/C=C/C=C/C(=O)O. The van der Waals surface area contributed by atoms with Crippen molar-refractivity contribution in [2.45, 2.75) is 145 Å². The molecule has 0 aromatic rings. The average molecular weight is 782 g/mol. The molecule has 314 valence electrons. The molecule has 0 heterocycles. The Morgan fingerprint density at radius 1 is 0.527 bits per heavy atom. The largest absolute Gasteiger partial charge is 0.478 e. The maximum Gasteiger partial charge on any atom is 0.328 e. The topological polar surface area (TPSA) is 283 Å². The van der Waals surface area contributed by atoms with Gasteiger partial charge >= 0.3 is 5.97 Å². The average Bonchev–Trinajstić information content (AvgIpc) is 3.08. The van der Waals surface area contributed by atoms with E-state index in [0.717, 1.165) is 12.5 Å². The van der Waals surface area contributed by atoms with E-state index in [0.29, 0.717) is 19.4 Å². The van der Waals surface area contributed by atoms with Gasteiger partial charge in [0.05, 0.1) is 61.0 Å². The summed E-state index contributed by atoms with van der Waals surface area (Å²) in [6.07, 6.45) is 12.8. The van der Waals surface area contributed by atoms with Crippen LogP contribution in [0.2, 0.25) is 0 Å². The minimum absolute atomic E-state index is 0.0601. The fraction of sp³-hybridized carbons (Fsp3) is 0.610. The highest BCUT2D eigenvalue weighted by Gasteiger charge is 2.25. The van der Waals surface area contributed by atoms with E-state index >= 15 is 0 Å². The molecule has 13 N–H and O–H groups in total. The Balaban J connectivity index is 4.40. The summed E-state index contributed by atoms with van der Waals surface area (Å²) in [4.78, 5) is 22.9. The van der Waals surface area contributed by atoms with Crippen molar-refractivity contribution in [2.24, 2.45) is 11.7 Å². The Labute approximate surface area is 325 Å². The first-order valence-electron chi connectivity index (χ1n) is 19.0. The van der Waals surface area contributed by atoms with E-state index in [-0.39, 0.29) is 63.6 Å². The molecule has 0 unspecified atom stereocenters. The molecule has 0 aliphatic heterocycles. The van der Waals surface area contributed by atoms with E-state index < -0.39 is 72.9 Å². The first-order chi connectivity index (χ1) is 26.0. The zero-order valence-electron chi connectivity index (χ0n) is 31.9. The van der Waals surface area contributed by atoms with Crippen LogP contribution in [0.15, 0.2) is 85.1 Å². The van der Waals surface area contributed by atoms with Crippen molar-refractivity contribution in [3.63, 3.8) is 0 Å². The number of aliphatic hydroxyl groups excluding tert-OH is 10. The van der Waals surface area contributed by atoms with Crippen LogP contribution in [0.25, 0.3) is 0 Å². The monoisotopic (exact) mass is 781 g/mol. The molecule has 14 heteroatoms. The maximum absolute atomic E-state index is 12.5. The van der Waals surface area contributed by atoms with Gasteiger partial charge in [0.2, 0.25) is 0 Å². The third-order valence-corrected chi connectivity index (χ3v) is 8.50. The van der Waals surface area contributed by atoms with Gasteiger partial charge in [0, 0.05) is 31.3 Å². The smallest absolute Gasteiger partial charge is 0.328 e. The summed E-state index contributed by atoms with van der Waals surface area (Å²) >= 11 is 0. The number of carbonyl (C=O) groups excluding carboxylic acids is 1. The molecule has 0 radical (unpaired) electrons. The molecule has 0 fully saturated rings. The van der Waals surface area contributed by atoms with E-state index in [9.17, 15) is 60.7 Å². The molecule has 0 saturated heterocycles. The normalized spacial score (nSPS) is 19.1. The van der Waals surface area contributed by atoms with Crippen LogP contribution in [0.3, 0.4) is 0 Å². The van der Waals surface area contributed by atoms with Gasteiger partial charge in [-0.15, -0.1) is 0 Å². The number of rotatable bonds is 32. The van der Waals surface area contributed by atoms with Gasteiger partial charge in [-0.05, 0) is 64.3 Å². The lowest BCUT2D eigenvalue weighted by molar-refractivity contribution is -0.131.